The predicted molar refractivity (Wildman–Crippen MR) is 101 cm³/mol. The normalized spacial score (nSPS) is 23.7. The van der Waals surface area contributed by atoms with Crippen LogP contribution in [0.1, 0.15) is 39.8 Å². The minimum Gasteiger partial charge on any atom is -0.478 e. The zero-order valence-electron chi connectivity index (χ0n) is 15.5. The lowest BCUT2D eigenvalue weighted by Gasteiger charge is -2.16. The number of carbonyl (C=O) groups is 2. The van der Waals surface area contributed by atoms with Gasteiger partial charge in [-0.15, -0.1) is 0 Å². The number of aliphatic hydroxyl groups excluding tert-OH is 2. The summed E-state index contributed by atoms with van der Waals surface area (Å²) in [5.41, 5.74) is 0.0564. The molecule has 1 saturated heterocycles. The number of ketones is 1. The number of nitrogens with zero attached hydrogens (tertiary/aromatic N) is 3. The van der Waals surface area contributed by atoms with Crippen molar-refractivity contribution in [1.82, 2.24) is 19.5 Å². The lowest BCUT2D eigenvalue weighted by Crippen LogP contribution is -2.31. The first-order chi connectivity index (χ1) is 14.4. The Bertz CT molecular complexity index is 1170. The van der Waals surface area contributed by atoms with Gasteiger partial charge in [-0.25, -0.2) is 14.8 Å². The minimum absolute atomic E-state index is 0.00274. The average Bonchev–Trinajstić information content (AvgIpc) is 3.29. The van der Waals surface area contributed by atoms with Crippen LogP contribution in [-0.4, -0.2) is 64.9 Å². The summed E-state index contributed by atoms with van der Waals surface area (Å²) in [4.78, 5) is 45.7. The largest absolute Gasteiger partial charge is 0.478 e. The van der Waals surface area contributed by atoms with Crippen molar-refractivity contribution >= 4 is 22.9 Å². The Balaban J connectivity index is 1.48. The number of hydrogen-bond donors (Lipinski definition) is 4. The molecule has 4 N–H and O–H groups in total. The van der Waals surface area contributed by atoms with E-state index in [1.54, 1.807) is 0 Å². The Kier molecular flexibility index (Phi) is 5.16. The van der Waals surface area contributed by atoms with Gasteiger partial charge in [0, 0.05) is 12.0 Å². The fourth-order valence-electron chi connectivity index (χ4n) is 3.49. The van der Waals surface area contributed by atoms with Gasteiger partial charge in [0.1, 0.15) is 12.2 Å². The Morgan fingerprint density at radius 3 is 2.70 bits per heavy atom. The van der Waals surface area contributed by atoms with Gasteiger partial charge < -0.3 is 25.0 Å². The number of Topliss-reactive ketones (excluding diaryl/α,β-unsaturated/α-hetero) is 1. The highest BCUT2D eigenvalue weighted by atomic mass is 16.6. The average molecular weight is 414 g/mol. The Labute approximate surface area is 168 Å². The molecule has 1 aliphatic rings. The van der Waals surface area contributed by atoms with E-state index in [0.717, 1.165) is 0 Å². The van der Waals surface area contributed by atoms with E-state index in [4.69, 9.17) is 9.84 Å². The molecule has 1 fully saturated rings. The highest BCUT2D eigenvalue weighted by Gasteiger charge is 2.44. The number of H-pyrrole nitrogens is 1. The second-order valence-corrected chi connectivity index (χ2v) is 6.95. The molecule has 3 heterocycles. The molecule has 0 radical (unpaired) electrons. The summed E-state index contributed by atoms with van der Waals surface area (Å²) < 4.78 is 7.11. The lowest BCUT2D eigenvalue weighted by molar-refractivity contribution is -0.0369. The molecule has 0 saturated carbocycles. The second-order valence-electron chi connectivity index (χ2n) is 6.95. The maximum Gasteiger partial charge on any atom is 0.335 e. The number of carboxylic acids is 1. The first kappa shape index (κ1) is 19.9. The third-order valence-electron chi connectivity index (χ3n) is 5.06. The molecule has 11 nitrogen and oxygen atoms in total. The molecule has 0 spiro atoms. The quantitative estimate of drug-likeness (QED) is 0.409. The van der Waals surface area contributed by atoms with Crippen LogP contribution < -0.4 is 5.56 Å². The highest BCUT2D eigenvalue weighted by molar-refractivity contribution is 5.98. The van der Waals surface area contributed by atoms with Gasteiger partial charge in [-0.2, -0.15) is 0 Å². The number of carbonyl (C=O) groups excluding carboxylic acids is 1. The van der Waals surface area contributed by atoms with Crippen molar-refractivity contribution in [1.29, 1.82) is 0 Å². The molecule has 11 heteroatoms. The predicted octanol–water partition coefficient (Wildman–Crippen LogP) is 0.100. The number of aromatic amines is 1. The molecular formula is C19H18N4O7. The van der Waals surface area contributed by atoms with E-state index in [0.29, 0.717) is 0 Å². The van der Waals surface area contributed by atoms with Crippen LogP contribution in [0, 0.1) is 0 Å². The molecule has 0 aliphatic carbocycles. The number of rotatable bonds is 6. The molecule has 0 amide bonds. The van der Waals surface area contributed by atoms with Crippen molar-refractivity contribution in [2.75, 3.05) is 0 Å². The third-order valence-corrected chi connectivity index (χ3v) is 5.06. The number of hydrogen-bond acceptors (Lipinski definition) is 8. The number of fused-ring (bicyclic) bond motifs is 1. The van der Waals surface area contributed by atoms with Gasteiger partial charge >= 0.3 is 5.97 Å². The van der Waals surface area contributed by atoms with Crippen LogP contribution in [0.4, 0.5) is 0 Å². The fourth-order valence-corrected chi connectivity index (χ4v) is 3.49. The van der Waals surface area contributed by atoms with E-state index in [1.165, 1.54) is 41.5 Å². The van der Waals surface area contributed by atoms with Crippen LogP contribution >= 0.6 is 0 Å². The van der Waals surface area contributed by atoms with Crippen LogP contribution in [0.25, 0.3) is 11.2 Å². The van der Waals surface area contributed by atoms with Crippen LogP contribution in [0.3, 0.4) is 0 Å². The van der Waals surface area contributed by atoms with Crippen LogP contribution in [0.5, 0.6) is 0 Å². The summed E-state index contributed by atoms with van der Waals surface area (Å²) in [5, 5.41) is 29.8. The number of benzene rings is 1. The van der Waals surface area contributed by atoms with Crippen LogP contribution in [0.2, 0.25) is 0 Å². The van der Waals surface area contributed by atoms with E-state index >= 15 is 0 Å². The standard InChI is InChI=1S/C19H18N4O7/c24-11(9-2-1-3-10(6-9)19(28)29)4-5-12-14(25)15(26)18(30-12)23-8-22-13-16(23)20-7-21-17(13)27/h1-3,6-8,12,14-15,18,25-26H,4-5H2,(H,28,29)(H,20,21,27)/t12-,14+,15-,18-/m0/s1. The molecule has 4 rings (SSSR count). The maximum atomic E-state index is 12.4. The Morgan fingerprint density at radius 2 is 1.93 bits per heavy atom. The molecule has 1 aromatic carbocycles. The van der Waals surface area contributed by atoms with Crippen molar-refractivity contribution < 1.29 is 29.6 Å². The molecular weight excluding hydrogens is 396 g/mol. The summed E-state index contributed by atoms with van der Waals surface area (Å²) in [6.07, 6.45) is -1.91. The van der Waals surface area contributed by atoms with E-state index < -0.39 is 36.1 Å². The van der Waals surface area contributed by atoms with Gasteiger partial charge in [0.25, 0.3) is 5.56 Å². The number of ether oxygens (including phenoxy) is 1. The molecule has 4 atom stereocenters. The van der Waals surface area contributed by atoms with Gasteiger partial charge in [0.15, 0.2) is 23.2 Å². The van der Waals surface area contributed by atoms with Crippen LogP contribution in [0.15, 0.2) is 41.7 Å². The number of imidazole rings is 1. The summed E-state index contributed by atoms with van der Waals surface area (Å²) in [6.45, 7) is 0. The van der Waals surface area contributed by atoms with E-state index in [1.807, 2.05) is 0 Å². The molecule has 3 aromatic rings. The number of carboxylic acid groups (broad SMARTS) is 1. The minimum atomic E-state index is -1.32. The van der Waals surface area contributed by atoms with E-state index in [2.05, 4.69) is 15.0 Å². The fraction of sp³-hybridized carbons (Fsp3) is 0.316. The maximum absolute atomic E-state index is 12.4. The first-order valence-corrected chi connectivity index (χ1v) is 9.15. The zero-order chi connectivity index (χ0) is 21.4. The summed E-state index contributed by atoms with van der Waals surface area (Å²) in [7, 11) is 0. The summed E-state index contributed by atoms with van der Waals surface area (Å²) >= 11 is 0. The smallest absolute Gasteiger partial charge is 0.335 e. The number of aliphatic hydroxyl groups is 2. The number of aromatic carboxylic acids is 1. The SMILES string of the molecule is O=C(O)c1cccc(C(=O)CC[C@@H]2O[C@H](n3cnc4c(=O)[nH]cnc43)[C@@H](O)[C@@H]2O)c1. The van der Waals surface area contributed by atoms with E-state index in [9.17, 15) is 24.6 Å². The highest BCUT2D eigenvalue weighted by Crippen LogP contribution is 2.33. The lowest BCUT2D eigenvalue weighted by atomic mass is 10.00. The molecule has 0 unspecified atom stereocenters. The van der Waals surface area contributed by atoms with Crippen molar-refractivity contribution in [3.8, 4) is 0 Å². The first-order valence-electron chi connectivity index (χ1n) is 9.15. The summed E-state index contributed by atoms with van der Waals surface area (Å²) in [5.74, 6) is -1.45. The Hall–Kier alpha value is -3.41. The molecule has 1 aliphatic heterocycles. The molecule has 156 valence electrons. The number of nitrogens with one attached hydrogen (secondary N) is 1. The van der Waals surface area contributed by atoms with Gasteiger partial charge in [0.05, 0.1) is 24.3 Å². The molecule has 30 heavy (non-hydrogen) atoms. The van der Waals surface area contributed by atoms with Gasteiger partial charge in [-0.1, -0.05) is 12.1 Å². The Morgan fingerprint density at radius 1 is 1.17 bits per heavy atom. The van der Waals surface area contributed by atoms with Gasteiger partial charge in [-0.3, -0.25) is 14.2 Å². The van der Waals surface area contributed by atoms with E-state index in [-0.39, 0.29) is 40.9 Å². The van der Waals surface area contributed by atoms with Crippen molar-refractivity contribution in [2.24, 2.45) is 0 Å². The van der Waals surface area contributed by atoms with Crippen molar-refractivity contribution in [3.63, 3.8) is 0 Å². The molecule has 0 bridgehead atoms. The number of aromatic nitrogens is 4. The topological polar surface area (TPSA) is 168 Å². The molecule has 2 aromatic heterocycles. The van der Waals surface area contributed by atoms with Gasteiger partial charge in [0.2, 0.25) is 0 Å². The monoisotopic (exact) mass is 414 g/mol. The zero-order valence-corrected chi connectivity index (χ0v) is 15.5. The van der Waals surface area contributed by atoms with Crippen molar-refractivity contribution in [2.45, 2.75) is 37.4 Å². The van der Waals surface area contributed by atoms with Crippen molar-refractivity contribution in [3.05, 3.63) is 58.4 Å². The third kappa shape index (κ3) is 3.49. The summed E-state index contributed by atoms with van der Waals surface area (Å²) in [6, 6.07) is 5.67. The van der Waals surface area contributed by atoms with Crippen LogP contribution in [-0.2, 0) is 4.74 Å². The van der Waals surface area contributed by atoms with Gasteiger partial charge in [-0.05, 0) is 18.6 Å². The second kappa shape index (κ2) is 7.78.